The molecule has 0 saturated carbocycles. The molecule has 0 N–H and O–H groups in total. The zero-order valence-electron chi connectivity index (χ0n) is 19.6. The lowest BCUT2D eigenvalue weighted by atomic mass is 9.93. The molecule has 0 aliphatic carbocycles. The Kier molecular flexibility index (Phi) is 6.23. The van der Waals surface area contributed by atoms with E-state index in [4.69, 9.17) is 4.74 Å². The highest BCUT2D eigenvalue weighted by Gasteiger charge is 2.36. The molecule has 3 aromatic rings. The van der Waals surface area contributed by atoms with Gasteiger partial charge in [-0.25, -0.2) is 9.37 Å². The van der Waals surface area contributed by atoms with Gasteiger partial charge in [-0.05, 0) is 52.6 Å². The average Bonchev–Trinajstić information content (AvgIpc) is 3.41. The summed E-state index contributed by atoms with van der Waals surface area (Å²) in [6.45, 7) is 6.50. The number of morpholine rings is 1. The molecule has 0 spiro atoms. The van der Waals surface area contributed by atoms with Crippen LogP contribution in [0.1, 0.15) is 33.9 Å². The van der Waals surface area contributed by atoms with Gasteiger partial charge in [0.1, 0.15) is 18.2 Å². The van der Waals surface area contributed by atoms with E-state index >= 15 is 0 Å². The number of ether oxygens (including phenoxy) is 1. The second kappa shape index (κ2) is 9.48. The first-order valence-corrected chi connectivity index (χ1v) is 11.5. The fraction of sp³-hybridized carbons (Fsp3) is 0.417. The van der Waals surface area contributed by atoms with Crippen molar-refractivity contribution in [3.63, 3.8) is 0 Å². The van der Waals surface area contributed by atoms with Gasteiger partial charge >= 0.3 is 0 Å². The maximum absolute atomic E-state index is 14.3. The number of benzene rings is 1. The van der Waals surface area contributed by atoms with Crippen LogP contribution in [-0.2, 0) is 16.0 Å². The summed E-state index contributed by atoms with van der Waals surface area (Å²) >= 11 is 0. The highest BCUT2D eigenvalue weighted by molar-refractivity contribution is 5.79. The molecule has 1 aromatic carbocycles. The number of nitrogens with zero attached hydrogens (tertiary/aromatic N) is 8. The van der Waals surface area contributed by atoms with E-state index in [0.29, 0.717) is 43.2 Å². The Bertz CT molecular complexity index is 1270. The first kappa shape index (κ1) is 23.0. The molecule has 0 radical (unpaired) electrons. The summed E-state index contributed by atoms with van der Waals surface area (Å²) in [7, 11) is 0. The Hall–Kier alpha value is -3.75. The van der Waals surface area contributed by atoms with Gasteiger partial charge in [-0.1, -0.05) is 12.1 Å². The van der Waals surface area contributed by atoms with E-state index in [1.54, 1.807) is 32.2 Å². The van der Waals surface area contributed by atoms with E-state index in [9.17, 15) is 14.4 Å². The Balaban J connectivity index is 1.20. The van der Waals surface area contributed by atoms with Crippen LogP contribution in [-0.4, -0.2) is 79.7 Å². The Morgan fingerprint density at radius 1 is 1.29 bits per heavy atom. The average molecular weight is 477 g/mol. The smallest absolute Gasteiger partial charge is 0.227 e. The fourth-order valence-corrected chi connectivity index (χ4v) is 4.79. The van der Waals surface area contributed by atoms with E-state index in [-0.39, 0.29) is 30.0 Å². The SMILES string of the molecule is Cc1cc([C@H]2CN3CCN(C(=O)Cc4ccc(-n5cnnn5)nc4)C[C@@H]3CO2)c(C)c(C#N)c1F. The van der Waals surface area contributed by atoms with Gasteiger partial charge in [0, 0.05) is 32.4 Å². The fourth-order valence-electron chi connectivity index (χ4n) is 4.79. The molecule has 5 rings (SSSR count). The van der Waals surface area contributed by atoms with Crippen LogP contribution >= 0.6 is 0 Å². The van der Waals surface area contributed by atoms with Crippen molar-refractivity contribution in [3.8, 4) is 11.9 Å². The predicted molar refractivity (Wildman–Crippen MR) is 122 cm³/mol. The summed E-state index contributed by atoms with van der Waals surface area (Å²) in [4.78, 5) is 21.5. The third-order valence-electron chi connectivity index (χ3n) is 6.80. The molecule has 2 aromatic heterocycles. The highest BCUT2D eigenvalue weighted by atomic mass is 19.1. The van der Waals surface area contributed by atoms with Crippen molar-refractivity contribution in [1.29, 1.82) is 5.26 Å². The second-order valence-electron chi connectivity index (χ2n) is 8.97. The van der Waals surface area contributed by atoms with Crippen LogP contribution in [0.3, 0.4) is 0 Å². The standard InChI is InChI=1S/C24H25FN8O2/c1-15-7-19(16(2)20(9-26)24(15)25)21-12-31-5-6-32(11-18(31)13-35-21)23(34)8-17-3-4-22(27-10-17)33-14-28-29-30-33/h3-4,7,10,14,18,21H,5-6,8,11-13H2,1-2H3/t18-,21-/m1/s1. The maximum Gasteiger partial charge on any atom is 0.227 e. The van der Waals surface area contributed by atoms with Gasteiger partial charge in [-0.2, -0.15) is 9.94 Å². The summed E-state index contributed by atoms with van der Waals surface area (Å²) in [5.74, 6) is 0.171. The lowest BCUT2D eigenvalue weighted by Crippen LogP contribution is -2.59. The van der Waals surface area contributed by atoms with Crippen LogP contribution in [0.25, 0.3) is 5.82 Å². The molecule has 4 heterocycles. The van der Waals surface area contributed by atoms with Crippen LogP contribution < -0.4 is 0 Å². The minimum Gasteiger partial charge on any atom is -0.370 e. The van der Waals surface area contributed by atoms with E-state index in [1.807, 2.05) is 17.0 Å². The van der Waals surface area contributed by atoms with Crippen LogP contribution in [0.5, 0.6) is 0 Å². The van der Waals surface area contributed by atoms with Crippen molar-refractivity contribution < 1.29 is 13.9 Å². The molecule has 2 aliphatic rings. The molecule has 10 nitrogen and oxygen atoms in total. The molecular weight excluding hydrogens is 451 g/mol. The molecule has 2 saturated heterocycles. The molecule has 2 atom stereocenters. The van der Waals surface area contributed by atoms with Crippen molar-refractivity contribution in [2.45, 2.75) is 32.4 Å². The number of nitriles is 1. The zero-order chi connectivity index (χ0) is 24.5. The normalized spacial score (nSPS) is 20.3. The molecule has 2 aliphatic heterocycles. The molecule has 11 heteroatoms. The lowest BCUT2D eigenvalue weighted by molar-refractivity contribution is -0.139. The van der Waals surface area contributed by atoms with E-state index in [2.05, 4.69) is 25.4 Å². The van der Waals surface area contributed by atoms with Gasteiger partial charge in [0.25, 0.3) is 0 Å². The number of piperazine rings is 1. The number of carbonyl (C=O) groups excluding carboxylic acids is 1. The largest absolute Gasteiger partial charge is 0.370 e. The van der Waals surface area contributed by atoms with Gasteiger partial charge < -0.3 is 9.64 Å². The summed E-state index contributed by atoms with van der Waals surface area (Å²) in [5.41, 5.74) is 2.85. The van der Waals surface area contributed by atoms with Crippen molar-refractivity contribution >= 4 is 5.91 Å². The summed E-state index contributed by atoms with van der Waals surface area (Å²) in [5, 5.41) is 20.4. The minimum atomic E-state index is -0.463. The summed E-state index contributed by atoms with van der Waals surface area (Å²) < 4.78 is 21.9. The van der Waals surface area contributed by atoms with Gasteiger partial charge in [0.05, 0.1) is 30.7 Å². The zero-order valence-corrected chi connectivity index (χ0v) is 19.6. The van der Waals surface area contributed by atoms with Crippen LogP contribution in [0.4, 0.5) is 4.39 Å². The number of halogens is 1. The number of aromatic nitrogens is 5. The quantitative estimate of drug-likeness (QED) is 0.557. The topological polar surface area (TPSA) is 113 Å². The Morgan fingerprint density at radius 2 is 2.14 bits per heavy atom. The number of amides is 1. The predicted octanol–water partition coefficient (Wildman–Crippen LogP) is 1.51. The van der Waals surface area contributed by atoms with E-state index in [1.165, 1.54) is 11.0 Å². The van der Waals surface area contributed by atoms with Gasteiger partial charge in [0.2, 0.25) is 5.91 Å². The van der Waals surface area contributed by atoms with Crippen LogP contribution in [0, 0.1) is 31.0 Å². The number of carbonyl (C=O) groups is 1. The molecular formula is C24H25FN8O2. The molecule has 1 amide bonds. The lowest BCUT2D eigenvalue weighted by Gasteiger charge is -2.46. The Labute approximate surface area is 201 Å². The first-order valence-electron chi connectivity index (χ1n) is 11.5. The second-order valence-corrected chi connectivity index (χ2v) is 8.97. The monoisotopic (exact) mass is 476 g/mol. The van der Waals surface area contributed by atoms with Gasteiger partial charge in [-0.15, -0.1) is 5.10 Å². The first-order chi connectivity index (χ1) is 16.9. The number of fused-ring (bicyclic) bond motifs is 1. The van der Waals surface area contributed by atoms with E-state index < -0.39 is 5.82 Å². The summed E-state index contributed by atoms with van der Waals surface area (Å²) in [6, 6.07) is 7.51. The Morgan fingerprint density at radius 3 is 2.86 bits per heavy atom. The molecule has 0 unspecified atom stereocenters. The third kappa shape index (κ3) is 4.50. The number of aryl methyl sites for hydroxylation is 1. The number of hydrogen-bond donors (Lipinski definition) is 0. The van der Waals surface area contributed by atoms with Crippen molar-refractivity contribution in [1.82, 2.24) is 35.0 Å². The maximum atomic E-state index is 14.3. The minimum absolute atomic E-state index is 0.0485. The number of tetrazole rings is 1. The van der Waals surface area contributed by atoms with Crippen LogP contribution in [0.2, 0.25) is 0 Å². The van der Waals surface area contributed by atoms with E-state index in [0.717, 1.165) is 17.7 Å². The highest BCUT2D eigenvalue weighted by Crippen LogP contribution is 2.32. The van der Waals surface area contributed by atoms with Gasteiger partial charge in [0.15, 0.2) is 5.82 Å². The number of pyridine rings is 1. The van der Waals surface area contributed by atoms with Gasteiger partial charge in [-0.3, -0.25) is 9.69 Å². The molecule has 35 heavy (non-hydrogen) atoms. The molecule has 180 valence electrons. The van der Waals surface area contributed by atoms with Crippen LogP contribution in [0.15, 0.2) is 30.7 Å². The third-order valence-corrected chi connectivity index (χ3v) is 6.80. The summed E-state index contributed by atoms with van der Waals surface area (Å²) in [6.07, 6.45) is 3.17. The molecule has 0 bridgehead atoms. The number of hydrogen-bond acceptors (Lipinski definition) is 8. The van der Waals surface area contributed by atoms with Crippen molar-refractivity contribution in [2.75, 3.05) is 32.8 Å². The molecule has 2 fully saturated rings. The van der Waals surface area contributed by atoms with Crippen molar-refractivity contribution in [3.05, 3.63) is 64.4 Å². The number of rotatable bonds is 4. The van der Waals surface area contributed by atoms with Crippen molar-refractivity contribution in [2.24, 2.45) is 0 Å².